The summed E-state index contributed by atoms with van der Waals surface area (Å²) in [5.41, 5.74) is 0.853. The summed E-state index contributed by atoms with van der Waals surface area (Å²) in [6.07, 6.45) is -0.0771. The van der Waals surface area contributed by atoms with Crippen molar-refractivity contribution in [1.29, 1.82) is 0 Å². The van der Waals surface area contributed by atoms with Gasteiger partial charge in [0.15, 0.2) is 5.17 Å². The highest BCUT2D eigenvalue weighted by Gasteiger charge is 2.39. The number of carbonyl (C=O) groups is 2. The van der Waals surface area contributed by atoms with E-state index in [2.05, 4.69) is 10.3 Å². The van der Waals surface area contributed by atoms with Crippen LogP contribution in [0.1, 0.15) is 6.42 Å². The molecule has 1 aliphatic heterocycles. The van der Waals surface area contributed by atoms with Crippen molar-refractivity contribution >= 4 is 45.8 Å². The molecule has 1 saturated heterocycles. The van der Waals surface area contributed by atoms with Gasteiger partial charge in [0.25, 0.3) is 5.69 Å². The van der Waals surface area contributed by atoms with Crippen molar-refractivity contribution in [1.82, 2.24) is 9.80 Å². The molecule has 2 amide bonds. The number of amides is 2. The summed E-state index contributed by atoms with van der Waals surface area (Å²) in [5, 5.41) is 13.5. The first-order valence-electron chi connectivity index (χ1n) is 10.2. The number of anilines is 1. The second-order valence-corrected chi connectivity index (χ2v) is 8.72. The van der Waals surface area contributed by atoms with Gasteiger partial charge in [-0.3, -0.25) is 24.6 Å². The van der Waals surface area contributed by atoms with Gasteiger partial charge in [-0.25, -0.2) is 4.99 Å². The van der Waals surface area contributed by atoms with Gasteiger partial charge >= 0.3 is 0 Å². The van der Waals surface area contributed by atoms with Crippen LogP contribution in [0.25, 0.3) is 0 Å². The summed E-state index contributed by atoms with van der Waals surface area (Å²) in [4.78, 5) is 44.2. The van der Waals surface area contributed by atoms with Gasteiger partial charge in [-0.1, -0.05) is 17.8 Å². The summed E-state index contributed by atoms with van der Waals surface area (Å²) < 4.78 is 5.17. The maximum absolute atomic E-state index is 13.1. The van der Waals surface area contributed by atoms with E-state index in [1.54, 1.807) is 42.3 Å². The number of non-ortho nitro benzene ring substituents is 1. The van der Waals surface area contributed by atoms with Crippen LogP contribution in [0.2, 0.25) is 0 Å². The first-order valence-corrected chi connectivity index (χ1v) is 11.0. The number of nitro benzene ring substituents is 1. The van der Waals surface area contributed by atoms with Crippen LogP contribution in [0.4, 0.5) is 17.1 Å². The Morgan fingerprint density at radius 2 is 2.00 bits per heavy atom. The van der Waals surface area contributed by atoms with Crippen LogP contribution in [0.15, 0.2) is 53.5 Å². The lowest BCUT2D eigenvalue weighted by Gasteiger charge is -2.19. The molecule has 1 heterocycles. The third-order valence-electron chi connectivity index (χ3n) is 4.80. The Morgan fingerprint density at radius 3 is 2.64 bits per heavy atom. The van der Waals surface area contributed by atoms with Crippen molar-refractivity contribution in [2.45, 2.75) is 11.7 Å². The number of likely N-dealkylation sites (N-methyl/N-ethyl adjacent to an activating group) is 1. The molecule has 0 bridgehead atoms. The number of carbonyl (C=O) groups excluding carboxylic acids is 2. The molecule has 1 N–H and O–H groups in total. The normalized spacial score (nSPS) is 17.0. The molecule has 10 nitrogen and oxygen atoms in total. The molecule has 0 unspecified atom stereocenters. The highest BCUT2D eigenvalue weighted by atomic mass is 32.2. The average Bonchev–Trinajstić information content (AvgIpc) is 3.06. The van der Waals surface area contributed by atoms with Gasteiger partial charge in [0, 0.05) is 37.3 Å². The molecule has 1 atom stereocenters. The number of amidine groups is 1. The number of aliphatic imine (C=N–C) groups is 1. The quantitative estimate of drug-likeness (QED) is 0.441. The predicted molar refractivity (Wildman–Crippen MR) is 128 cm³/mol. The Kier molecular flexibility index (Phi) is 8.01. The van der Waals surface area contributed by atoms with E-state index in [1.807, 2.05) is 19.0 Å². The first-order chi connectivity index (χ1) is 15.8. The summed E-state index contributed by atoms with van der Waals surface area (Å²) in [5.74, 6) is 0.108. The van der Waals surface area contributed by atoms with Crippen LogP contribution in [0.5, 0.6) is 5.75 Å². The van der Waals surface area contributed by atoms with Gasteiger partial charge in [-0.05, 0) is 44.4 Å². The van der Waals surface area contributed by atoms with E-state index in [4.69, 9.17) is 4.74 Å². The maximum Gasteiger partial charge on any atom is 0.271 e. The number of nitrogens with one attached hydrogen (secondary N) is 1. The molecule has 0 saturated carbocycles. The van der Waals surface area contributed by atoms with Crippen LogP contribution >= 0.6 is 11.8 Å². The van der Waals surface area contributed by atoms with Crippen molar-refractivity contribution in [2.75, 3.05) is 39.6 Å². The molecule has 3 rings (SSSR count). The zero-order valence-electron chi connectivity index (χ0n) is 18.6. The third kappa shape index (κ3) is 6.53. The summed E-state index contributed by atoms with van der Waals surface area (Å²) >= 11 is 1.24. The van der Waals surface area contributed by atoms with Crippen molar-refractivity contribution in [3.63, 3.8) is 0 Å². The minimum Gasteiger partial charge on any atom is -0.497 e. The molecule has 2 aromatic rings. The van der Waals surface area contributed by atoms with E-state index in [1.165, 1.54) is 30.0 Å². The number of rotatable bonds is 9. The van der Waals surface area contributed by atoms with Crippen molar-refractivity contribution in [3.05, 3.63) is 58.6 Å². The molecule has 0 radical (unpaired) electrons. The van der Waals surface area contributed by atoms with Gasteiger partial charge in [0.1, 0.15) is 11.0 Å². The molecule has 174 valence electrons. The monoisotopic (exact) mass is 471 g/mol. The minimum atomic E-state index is -0.636. The van der Waals surface area contributed by atoms with Crippen molar-refractivity contribution < 1.29 is 19.2 Å². The number of nitrogens with zero attached hydrogens (tertiary/aromatic N) is 4. The average molecular weight is 472 g/mol. The Balaban J connectivity index is 1.74. The lowest BCUT2D eigenvalue weighted by Crippen LogP contribution is -2.38. The number of benzene rings is 2. The zero-order chi connectivity index (χ0) is 24.0. The third-order valence-corrected chi connectivity index (χ3v) is 5.97. The molecular weight excluding hydrogens is 446 g/mol. The van der Waals surface area contributed by atoms with Gasteiger partial charge in [-0.2, -0.15) is 0 Å². The van der Waals surface area contributed by atoms with E-state index in [0.29, 0.717) is 35.4 Å². The lowest BCUT2D eigenvalue weighted by atomic mass is 10.2. The van der Waals surface area contributed by atoms with Crippen LogP contribution in [0.3, 0.4) is 0 Å². The summed E-state index contributed by atoms with van der Waals surface area (Å²) in [7, 11) is 5.41. The fraction of sp³-hybridized carbons (Fsp3) is 0.318. The molecule has 2 aromatic carbocycles. The number of ether oxygens (including phenoxy) is 1. The zero-order valence-corrected chi connectivity index (χ0v) is 19.4. The van der Waals surface area contributed by atoms with Gasteiger partial charge in [0.05, 0.1) is 17.7 Å². The molecule has 33 heavy (non-hydrogen) atoms. The number of hydrogen-bond acceptors (Lipinski definition) is 8. The lowest BCUT2D eigenvalue weighted by molar-refractivity contribution is -0.384. The number of hydrogen-bond donors (Lipinski definition) is 1. The van der Waals surface area contributed by atoms with E-state index in [-0.39, 0.29) is 18.0 Å². The second-order valence-electron chi connectivity index (χ2n) is 7.55. The van der Waals surface area contributed by atoms with E-state index >= 15 is 0 Å². The second kappa shape index (κ2) is 10.9. The van der Waals surface area contributed by atoms with E-state index in [9.17, 15) is 19.7 Å². The number of methoxy groups -OCH3 is 1. The van der Waals surface area contributed by atoms with E-state index < -0.39 is 16.1 Å². The van der Waals surface area contributed by atoms with Gasteiger partial charge in [0.2, 0.25) is 11.8 Å². The fourth-order valence-electron chi connectivity index (χ4n) is 3.08. The molecular formula is C22H25N5O5S. The van der Waals surface area contributed by atoms with Crippen LogP contribution < -0.4 is 10.1 Å². The summed E-state index contributed by atoms with van der Waals surface area (Å²) in [6, 6.07) is 12.8. The highest BCUT2D eigenvalue weighted by molar-refractivity contribution is 8.15. The molecule has 0 spiro atoms. The van der Waals surface area contributed by atoms with Crippen LogP contribution in [0, 0.1) is 10.1 Å². The Bertz CT molecular complexity index is 1060. The molecule has 1 aliphatic rings. The minimum absolute atomic E-state index is 0.0771. The predicted octanol–water partition coefficient (Wildman–Crippen LogP) is 3.13. The molecule has 0 aliphatic carbocycles. The molecule has 0 aromatic heterocycles. The molecule has 1 fully saturated rings. The highest BCUT2D eigenvalue weighted by Crippen LogP contribution is 2.32. The molecule has 11 heteroatoms. The Labute approximate surface area is 195 Å². The SMILES string of the molecule is COc1ccc(N=C2S[C@@H](CC(=O)Nc3cccc([N+](=O)[O-])c3)C(=O)N2CCN(C)C)cc1. The van der Waals surface area contributed by atoms with Crippen LogP contribution in [-0.4, -0.2) is 71.2 Å². The fourth-order valence-corrected chi connectivity index (χ4v) is 4.26. The summed E-state index contributed by atoms with van der Waals surface area (Å²) in [6.45, 7) is 1.08. The Hall–Kier alpha value is -3.44. The first kappa shape index (κ1) is 24.2. The smallest absolute Gasteiger partial charge is 0.271 e. The van der Waals surface area contributed by atoms with Crippen molar-refractivity contribution in [2.24, 2.45) is 4.99 Å². The Morgan fingerprint density at radius 1 is 1.27 bits per heavy atom. The number of nitro groups is 1. The van der Waals surface area contributed by atoms with Gasteiger partial charge in [-0.15, -0.1) is 0 Å². The largest absolute Gasteiger partial charge is 0.497 e. The number of thioether (sulfide) groups is 1. The van der Waals surface area contributed by atoms with Gasteiger partial charge < -0.3 is 15.0 Å². The standard InChI is InChI=1S/C22H25N5O5S/c1-25(2)11-12-26-21(29)19(33-22(26)24-15-7-9-18(32-3)10-8-15)14-20(28)23-16-5-4-6-17(13-16)27(30)31/h4-10,13,19H,11-12,14H2,1-3H3,(H,23,28)/t19-/m0/s1. The van der Waals surface area contributed by atoms with Crippen LogP contribution in [-0.2, 0) is 9.59 Å². The topological polar surface area (TPSA) is 117 Å². The van der Waals surface area contributed by atoms with E-state index in [0.717, 1.165) is 0 Å². The maximum atomic E-state index is 13.1. The van der Waals surface area contributed by atoms with Crippen molar-refractivity contribution in [3.8, 4) is 5.75 Å².